The first-order valence-electron chi connectivity index (χ1n) is 31.3. The average molecular weight is 1690 g/mol. The molecule has 12 heterocycles. The first kappa shape index (κ1) is 75.0. The van der Waals surface area contributed by atoms with Crippen molar-refractivity contribution in [2.45, 2.75) is 60.3 Å². The summed E-state index contributed by atoms with van der Waals surface area (Å²) in [5, 5.41) is 17.7. The molecule has 0 saturated heterocycles. The number of benzene rings is 4. The van der Waals surface area contributed by atoms with Crippen molar-refractivity contribution in [2.24, 2.45) is 0 Å². The van der Waals surface area contributed by atoms with E-state index in [9.17, 15) is 0 Å². The van der Waals surface area contributed by atoms with Crippen LogP contribution in [0.1, 0.15) is 73.5 Å². The zero-order chi connectivity index (χ0) is 66.3. The molecular weight excluding hydrogens is 1630 g/mol. The quantitative estimate of drug-likeness (QED) is 0.0646. The molecule has 0 fully saturated rings. The molecule has 4 aromatic carbocycles. The number of imidazole rings is 4. The molecule has 0 bridgehead atoms. The van der Waals surface area contributed by atoms with Gasteiger partial charge in [-0.25, -0.2) is 19.3 Å². The Balaban J connectivity index is 0.000000155. The molecule has 0 N–H and O–H groups in total. The second kappa shape index (κ2) is 36.2. The fourth-order valence-electron chi connectivity index (χ4n) is 10.6. The largest absolute Gasteiger partial charge is 2.00 e. The number of hydrogen-bond acceptors (Lipinski definition) is 12. The molecule has 0 atom stereocenters. The molecule has 0 aliphatic heterocycles. The van der Waals surface area contributed by atoms with Crippen LogP contribution in [0, 0.1) is 58.9 Å². The molecule has 0 aliphatic rings. The Kier molecular flexibility index (Phi) is 26.9. The zero-order valence-corrected chi connectivity index (χ0v) is 61.3. The van der Waals surface area contributed by atoms with Gasteiger partial charge in [0.2, 0.25) is 0 Å². The Morgan fingerprint density at radius 2 is 0.752 bits per heavy atom. The van der Waals surface area contributed by atoms with Crippen LogP contribution in [0.4, 0.5) is 0 Å². The minimum absolute atomic E-state index is 0. The Morgan fingerprint density at radius 1 is 0.337 bits per heavy atom. The Morgan fingerprint density at radius 3 is 1.20 bits per heavy atom. The molecule has 0 aliphatic carbocycles. The standard InChI is InChI=1S/C20H17N5.3C19H15N5.4Pd/c1-14-11-15(2)25(24-14)18-7-3-5-16(13-18)12-17-6-4-8-19(23-17)20-21-9-10-22-20;1-14-8-11-24(23-14)17-6-2-4-15(13-17)12-16-5-3-7-18(22-16)19-20-9-10-21-19;1-14-8-11-24(23-14)18-7-3-6-17(22-18)13-15-4-2-5-16(12-15)19-20-9-10-21-19;1-14-8-9-22-24(14)18-7-3-6-17(23-18)13-15-4-2-5-16(12-15)19-20-10-11-21-19;;;;/h3-11H,12H2,1-2H3;2-11H,12H2,1H3;2*2-11H,13H2,1H3;;;;/q4*-2;4*+2. The topological polar surface area (TPSA) is 231 Å². The van der Waals surface area contributed by atoms with Gasteiger partial charge in [0.15, 0.2) is 11.6 Å². The maximum Gasteiger partial charge on any atom is 2.00 e. The van der Waals surface area contributed by atoms with Crippen LogP contribution in [0.25, 0.3) is 68.8 Å². The van der Waals surface area contributed by atoms with Crippen LogP contribution in [0.3, 0.4) is 0 Å². The maximum atomic E-state index is 4.71. The summed E-state index contributed by atoms with van der Waals surface area (Å²) in [6.07, 6.45) is 21.9. The molecule has 101 heavy (non-hydrogen) atoms. The molecule has 0 amide bonds. The predicted molar refractivity (Wildman–Crippen MR) is 368 cm³/mol. The third-order valence-corrected chi connectivity index (χ3v) is 15.1. The number of hydrogen-bond donors (Lipinski definition) is 0. The number of rotatable bonds is 16. The van der Waals surface area contributed by atoms with E-state index in [-0.39, 0.29) is 81.7 Å². The fourth-order valence-corrected chi connectivity index (χ4v) is 10.6. The van der Waals surface area contributed by atoms with Crippen LogP contribution in [0.5, 0.6) is 0 Å². The van der Waals surface area contributed by atoms with E-state index < -0.39 is 0 Å². The van der Waals surface area contributed by atoms with Crippen LogP contribution >= 0.6 is 0 Å². The monoisotopic (exact) mass is 1690 g/mol. The summed E-state index contributed by atoms with van der Waals surface area (Å²) >= 11 is 0. The van der Waals surface area contributed by atoms with Crippen LogP contribution in [0.2, 0.25) is 0 Å². The van der Waals surface area contributed by atoms with Gasteiger partial charge in [0.05, 0.1) is 28.5 Å². The van der Waals surface area contributed by atoms with Crippen LogP contribution in [0.15, 0.2) is 238 Å². The molecule has 0 spiro atoms. The van der Waals surface area contributed by atoms with Gasteiger partial charge in [0.1, 0.15) is 0 Å². The van der Waals surface area contributed by atoms with Crippen molar-refractivity contribution < 1.29 is 81.7 Å². The van der Waals surface area contributed by atoms with E-state index in [0.717, 1.165) is 119 Å². The van der Waals surface area contributed by atoms with E-state index in [0.29, 0.717) is 49.0 Å². The molecular formula is C77H62N20Pd4. The van der Waals surface area contributed by atoms with Crippen molar-refractivity contribution in [2.75, 3.05) is 0 Å². The van der Waals surface area contributed by atoms with Crippen molar-refractivity contribution in [1.82, 2.24) is 98.9 Å². The summed E-state index contributed by atoms with van der Waals surface area (Å²) in [5.74, 6) is 4.35. The summed E-state index contributed by atoms with van der Waals surface area (Å²) in [7, 11) is 0. The molecule has 16 aromatic rings. The van der Waals surface area contributed by atoms with E-state index in [1.54, 1.807) is 60.5 Å². The third kappa shape index (κ3) is 20.1. The third-order valence-electron chi connectivity index (χ3n) is 15.1. The van der Waals surface area contributed by atoms with Gasteiger partial charge >= 0.3 is 81.7 Å². The number of pyridine rings is 4. The summed E-state index contributed by atoms with van der Waals surface area (Å²) in [4.78, 5) is 52.4. The van der Waals surface area contributed by atoms with Gasteiger partial charge in [0.25, 0.3) is 0 Å². The molecule has 510 valence electrons. The van der Waals surface area contributed by atoms with Gasteiger partial charge in [-0.2, -0.15) is 79.0 Å². The van der Waals surface area contributed by atoms with Crippen molar-refractivity contribution >= 4 is 0 Å². The number of aromatic nitrogens is 20. The molecule has 16 rings (SSSR count). The smallest absolute Gasteiger partial charge is 0.490 e. The van der Waals surface area contributed by atoms with Gasteiger partial charge in [-0.05, 0) is 156 Å². The van der Waals surface area contributed by atoms with E-state index >= 15 is 0 Å². The van der Waals surface area contributed by atoms with Crippen LogP contribution < -0.4 is 19.9 Å². The van der Waals surface area contributed by atoms with Crippen molar-refractivity contribution in [3.05, 3.63) is 336 Å². The van der Waals surface area contributed by atoms with Crippen molar-refractivity contribution in [3.8, 4) is 68.8 Å². The van der Waals surface area contributed by atoms with E-state index in [1.165, 1.54) is 0 Å². The maximum absolute atomic E-state index is 4.71. The summed E-state index contributed by atoms with van der Waals surface area (Å²) in [5.41, 5.74) is 18.5. The van der Waals surface area contributed by atoms with Gasteiger partial charge < -0.3 is 39.9 Å². The van der Waals surface area contributed by atoms with Gasteiger partial charge in [0, 0.05) is 52.8 Å². The van der Waals surface area contributed by atoms with Gasteiger partial charge in [-0.1, -0.05) is 73.8 Å². The molecule has 0 radical (unpaired) electrons. The molecule has 12 aromatic heterocycles. The fraction of sp³-hybridized carbons (Fsp3) is 0.117. The minimum Gasteiger partial charge on any atom is -0.490 e. The van der Waals surface area contributed by atoms with Crippen LogP contribution in [-0.2, 0) is 107 Å². The molecule has 24 heteroatoms. The van der Waals surface area contributed by atoms with E-state index in [2.05, 4.69) is 107 Å². The first-order valence-corrected chi connectivity index (χ1v) is 31.3. The van der Waals surface area contributed by atoms with E-state index in [1.807, 2.05) is 219 Å². The zero-order valence-electron chi connectivity index (χ0n) is 55.1. The SMILES string of the molecule is Cc1cc(C)n(-c2[c-]c(Cc3cccc(-c4ncc[n-]4)n3)ccc2)n1.Cc1ccn(-c2[c-]c(Cc3cccc(-c4ncc[n-]4)n3)ccc2)n1.Cc1ccn(-c2cccc(Cc3[c-]c(-c4ncc[n-]4)ccc3)n2)n1.Cc1ccnn1-c1cccc(Cc2[c-]c(-c3ncc[n-]3)ccc2)n1.[Pd+2].[Pd+2].[Pd+2].[Pd+2]. The van der Waals surface area contributed by atoms with E-state index in [4.69, 9.17) is 9.97 Å². The average Bonchev–Trinajstić information content (AvgIpc) is 1.83. The second-order valence-corrected chi connectivity index (χ2v) is 22.6. The normalized spacial score (nSPS) is 10.5. The summed E-state index contributed by atoms with van der Waals surface area (Å²) in [6, 6.07) is 69.5. The summed E-state index contributed by atoms with van der Waals surface area (Å²) in [6.45, 7) is 9.99. The Hall–Kier alpha value is -10.2. The van der Waals surface area contributed by atoms with Gasteiger partial charge in [-0.3, -0.25) is 19.3 Å². The minimum atomic E-state index is 0. The number of aryl methyl sites for hydroxylation is 5. The molecule has 20 nitrogen and oxygen atoms in total. The second-order valence-electron chi connectivity index (χ2n) is 22.6. The summed E-state index contributed by atoms with van der Waals surface area (Å²) < 4.78 is 7.37. The number of nitrogens with zero attached hydrogens (tertiary/aromatic N) is 20. The molecule has 0 unspecified atom stereocenters. The first-order chi connectivity index (χ1) is 47.5. The Bertz CT molecular complexity index is 5010. The van der Waals surface area contributed by atoms with Crippen molar-refractivity contribution in [1.29, 1.82) is 0 Å². The molecule has 0 saturated carbocycles. The Labute approximate surface area is 640 Å². The van der Waals surface area contributed by atoms with Crippen LogP contribution in [-0.4, -0.2) is 79.0 Å². The van der Waals surface area contributed by atoms with Crippen molar-refractivity contribution in [3.63, 3.8) is 0 Å². The predicted octanol–water partition coefficient (Wildman–Crippen LogP) is 12.2. The van der Waals surface area contributed by atoms with Gasteiger partial charge in [-0.15, -0.1) is 83.4 Å².